The van der Waals surface area contributed by atoms with Gasteiger partial charge in [-0.2, -0.15) is 0 Å². The van der Waals surface area contributed by atoms with Gasteiger partial charge < -0.3 is 14.6 Å². The maximum absolute atomic E-state index is 13.8. The molecule has 0 aromatic heterocycles. The molecule has 5 aliphatic rings. The molecular weight excluding hydrogens is 584 g/mol. The van der Waals surface area contributed by atoms with Gasteiger partial charge >= 0.3 is 0 Å². The largest absolute Gasteiger partial charge is 0.493 e. The van der Waals surface area contributed by atoms with Crippen molar-refractivity contribution < 1.29 is 19.4 Å². The molecule has 2 heterocycles. The lowest BCUT2D eigenvalue weighted by atomic mass is 9.48. The van der Waals surface area contributed by atoms with E-state index in [1.807, 2.05) is 30.3 Å². The van der Waals surface area contributed by atoms with Crippen LogP contribution in [0.15, 0.2) is 72.8 Å². The van der Waals surface area contributed by atoms with Gasteiger partial charge in [0.25, 0.3) is 0 Å². The third-order valence-electron chi connectivity index (χ3n) is 12.4. The van der Waals surface area contributed by atoms with E-state index >= 15 is 0 Å². The fourth-order valence-electron chi connectivity index (χ4n) is 9.88. The number of hydrogen-bond acceptors (Lipinski definition) is 6. The molecule has 3 aromatic rings. The van der Waals surface area contributed by atoms with Crippen molar-refractivity contribution in [3.05, 3.63) is 95.1 Å². The fraction of sp³-hybridized carbons (Fsp3) is 0.537. The number of rotatable bonds is 14. The molecule has 2 saturated carbocycles. The zero-order valence-corrected chi connectivity index (χ0v) is 27.9. The van der Waals surface area contributed by atoms with Gasteiger partial charge in [0.2, 0.25) is 0 Å². The van der Waals surface area contributed by atoms with Crippen LogP contribution in [0.3, 0.4) is 0 Å². The number of carbonyl (C=O) groups excluding carboxylic acids is 1. The Labute approximate surface area is 280 Å². The highest BCUT2D eigenvalue weighted by Gasteiger charge is 2.73. The van der Waals surface area contributed by atoms with Crippen LogP contribution < -0.4 is 9.47 Å². The standard InChI is InChI=1S/C41H50N2O4/c1-46-35-20-19-32-26-36-41(45)22-21-33(39-40(41,37(32)38(35)47-39)23-25-43(36)27-30-17-18-30)42(28-34(44)31-15-9-5-10-16-31)24-11-3-2-6-12-29-13-7-4-8-14-29/h4-5,7-10,13-16,19-20,30,33,36,39,45H,2-3,6,11-12,17-18,21-28H2,1H3/t33-,36-,39+,40+,41-/m1/s1. The maximum atomic E-state index is 13.8. The Hall–Kier alpha value is -3.19. The zero-order chi connectivity index (χ0) is 32.0. The number of ketones is 1. The average molecular weight is 635 g/mol. The van der Waals surface area contributed by atoms with Crippen molar-refractivity contribution in [1.82, 2.24) is 9.80 Å². The monoisotopic (exact) mass is 634 g/mol. The molecule has 1 N–H and O–H groups in total. The molecule has 3 aromatic carbocycles. The van der Waals surface area contributed by atoms with Crippen LogP contribution in [0.2, 0.25) is 0 Å². The number of nitrogens with zero attached hydrogens (tertiary/aromatic N) is 2. The number of likely N-dealkylation sites (tertiary alicyclic amines) is 1. The van der Waals surface area contributed by atoms with Crippen molar-refractivity contribution in [3.63, 3.8) is 0 Å². The van der Waals surface area contributed by atoms with Crippen LogP contribution in [0.25, 0.3) is 0 Å². The van der Waals surface area contributed by atoms with Crippen LogP contribution in [0.4, 0.5) is 0 Å². The minimum absolute atomic E-state index is 0.0333. The predicted molar refractivity (Wildman–Crippen MR) is 184 cm³/mol. The maximum Gasteiger partial charge on any atom is 0.176 e. The second-order valence-electron chi connectivity index (χ2n) is 15.0. The minimum Gasteiger partial charge on any atom is -0.493 e. The Kier molecular flexibility index (Phi) is 8.39. The summed E-state index contributed by atoms with van der Waals surface area (Å²) in [6.07, 6.45) is 11.3. The molecule has 47 heavy (non-hydrogen) atoms. The lowest BCUT2D eigenvalue weighted by molar-refractivity contribution is -0.200. The third-order valence-corrected chi connectivity index (χ3v) is 12.4. The van der Waals surface area contributed by atoms with E-state index in [1.165, 1.54) is 42.4 Å². The molecule has 1 spiro atoms. The number of aliphatic hydroxyl groups is 1. The van der Waals surface area contributed by atoms with Crippen LogP contribution in [-0.4, -0.2) is 77.8 Å². The van der Waals surface area contributed by atoms with Gasteiger partial charge in [-0.05, 0) is 94.0 Å². The molecule has 248 valence electrons. The Morgan fingerprint density at radius 3 is 2.49 bits per heavy atom. The Morgan fingerprint density at radius 1 is 0.957 bits per heavy atom. The van der Waals surface area contributed by atoms with E-state index in [4.69, 9.17) is 9.47 Å². The smallest absolute Gasteiger partial charge is 0.176 e. The molecule has 1 saturated heterocycles. The van der Waals surface area contributed by atoms with Crippen molar-refractivity contribution >= 4 is 5.78 Å². The first kappa shape index (κ1) is 31.1. The van der Waals surface area contributed by atoms with Crippen LogP contribution in [0, 0.1) is 5.92 Å². The van der Waals surface area contributed by atoms with Gasteiger partial charge in [0.15, 0.2) is 17.3 Å². The van der Waals surface area contributed by atoms with Gasteiger partial charge in [-0.25, -0.2) is 0 Å². The number of aryl methyl sites for hydroxylation is 1. The van der Waals surface area contributed by atoms with Gasteiger partial charge in [-0.1, -0.05) is 79.6 Å². The fourth-order valence-corrected chi connectivity index (χ4v) is 9.88. The first-order valence-electron chi connectivity index (χ1n) is 18.2. The minimum atomic E-state index is -0.863. The second-order valence-corrected chi connectivity index (χ2v) is 15.0. The molecule has 8 rings (SSSR count). The highest BCUT2D eigenvalue weighted by Crippen LogP contribution is 2.66. The summed E-state index contributed by atoms with van der Waals surface area (Å²) in [5.74, 6) is 2.53. The van der Waals surface area contributed by atoms with E-state index in [0.717, 1.165) is 87.6 Å². The molecule has 3 fully saturated rings. The summed E-state index contributed by atoms with van der Waals surface area (Å²) in [6.45, 7) is 3.29. The number of ether oxygens (including phenoxy) is 2. The summed E-state index contributed by atoms with van der Waals surface area (Å²) < 4.78 is 13.0. The Morgan fingerprint density at radius 2 is 1.72 bits per heavy atom. The lowest BCUT2D eigenvalue weighted by Crippen LogP contribution is -2.78. The summed E-state index contributed by atoms with van der Waals surface area (Å²) in [5.41, 5.74) is 3.31. The van der Waals surface area contributed by atoms with Crippen molar-refractivity contribution in [2.75, 3.05) is 33.3 Å². The molecule has 0 radical (unpaired) electrons. The van der Waals surface area contributed by atoms with Gasteiger partial charge in [0, 0.05) is 29.8 Å². The summed E-state index contributed by atoms with van der Waals surface area (Å²) >= 11 is 0. The molecule has 0 unspecified atom stereocenters. The zero-order valence-electron chi connectivity index (χ0n) is 27.9. The van der Waals surface area contributed by atoms with Crippen LogP contribution in [-0.2, 0) is 18.3 Å². The van der Waals surface area contributed by atoms with Crippen molar-refractivity contribution in [1.29, 1.82) is 0 Å². The van der Waals surface area contributed by atoms with Gasteiger partial charge in [0.05, 0.1) is 24.7 Å². The quantitative estimate of drug-likeness (QED) is 0.159. The molecule has 5 atom stereocenters. The van der Waals surface area contributed by atoms with Gasteiger partial charge in [0.1, 0.15) is 6.10 Å². The highest BCUT2D eigenvalue weighted by molar-refractivity contribution is 5.97. The van der Waals surface area contributed by atoms with Crippen molar-refractivity contribution in [2.45, 2.75) is 99.8 Å². The molecule has 2 bridgehead atoms. The van der Waals surface area contributed by atoms with E-state index in [9.17, 15) is 9.90 Å². The predicted octanol–water partition coefficient (Wildman–Crippen LogP) is 6.62. The number of piperidine rings is 1. The number of unbranched alkanes of at least 4 members (excludes halogenated alkanes) is 3. The SMILES string of the molecule is COc1ccc2c3c1O[C@H]1[C@H](N(CCCCCCc4ccccc4)CC(=O)c4ccccc4)CC[C@@]4(O)[C@@H](C2)N(CC2CC2)CC[C@]314. The van der Waals surface area contributed by atoms with E-state index in [2.05, 4.69) is 52.3 Å². The van der Waals surface area contributed by atoms with E-state index in [0.29, 0.717) is 6.54 Å². The number of benzene rings is 3. The van der Waals surface area contributed by atoms with Crippen molar-refractivity contribution in [2.24, 2.45) is 5.92 Å². The average Bonchev–Trinajstić information content (AvgIpc) is 3.85. The van der Waals surface area contributed by atoms with Crippen LogP contribution in [0.1, 0.15) is 84.8 Å². The number of methoxy groups -OCH3 is 1. The summed E-state index contributed by atoms with van der Waals surface area (Å²) in [6, 6.07) is 24.9. The van der Waals surface area contributed by atoms with Crippen LogP contribution in [0.5, 0.6) is 11.5 Å². The van der Waals surface area contributed by atoms with E-state index < -0.39 is 11.0 Å². The summed E-state index contributed by atoms with van der Waals surface area (Å²) in [4.78, 5) is 18.9. The summed E-state index contributed by atoms with van der Waals surface area (Å²) in [7, 11) is 1.72. The first-order chi connectivity index (χ1) is 23.0. The van der Waals surface area contributed by atoms with E-state index in [-0.39, 0.29) is 24.0 Å². The van der Waals surface area contributed by atoms with Crippen LogP contribution >= 0.6 is 0 Å². The van der Waals surface area contributed by atoms with Crippen molar-refractivity contribution in [3.8, 4) is 11.5 Å². The highest BCUT2D eigenvalue weighted by atomic mass is 16.5. The van der Waals surface area contributed by atoms with Gasteiger partial charge in [-0.15, -0.1) is 0 Å². The van der Waals surface area contributed by atoms with E-state index in [1.54, 1.807) is 7.11 Å². The second kappa shape index (κ2) is 12.7. The number of Topliss-reactive ketones (excluding diaryl/α,β-unsaturated/α-hetero) is 1. The lowest BCUT2D eigenvalue weighted by Gasteiger charge is -2.65. The molecule has 0 amide bonds. The first-order valence-corrected chi connectivity index (χ1v) is 18.2. The number of hydrogen-bond donors (Lipinski definition) is 1. The summed E-state index contributed by atoms with van der Waals surface area (Å²) in [5, 5.41) is 13.1. The molecule has 6 nitrogen and oxygen atoms in total. The third kappa shape index (κ3) is 5.41. The number of carbonyl (C=O) groups is 1. The normalized spacial score (nSPS) is 29.0. The molecular formula is C41H50N2O4. The molecule has 3 aliphatic carbocycles. The molecule has 2 aliphatic heterocycles. The Bertz CT molecular complexity index is 1580. The van der Waals surface area contributed by atoms with Gasteiger partial charge in [-0.3, -0.25) is 14.6 Å². The topological polar surface area (TPSA) is 62.2 Å². The molecule has 6 heteroatoms. The Balaban J connectivity index is 1.08.